The van der Waals surface area contributed by atoms with E-state index in [9.17, 15) is 9.90 Å². The van der Waals surface area contributed by atoms with Crippen molar-refractivity contribution in [3.8, 4) is 23.0 Å². The molecule has 204 valence electrons. The molecule has 2 aromatic heterocycles. The molecule has 2 aliphatic rings. The number of fused-ring (bicyclic) bond motifs is 1. The highest BCUT2D eigenvalue weighted by molar-refractivity contribution is 7.98. The third-order valence-electron chi connectivity index (χ3n) is 7.57. The van der Waals surface area contributed by atoms with Crippen LogP contribution in [-0.4, -0.2) is 79.9 Å². The summed E-state index contributed by atoms with van der Waals surface area (Å²) in [6.45, 7) is 10.3. The molecule has 3 N–H and O–H groups in total. The van der Waals surface area contributed by atoms with Crippen LogP contribution in [0, 0.1) is 17.8 Å². The molecule has 2 atom stereocenters. The number of likely N-dealkylation sites (tertiary alicyclic amines) is 2. The third-order valence-corrected chi connectivity index (χ3v) is 8.79. The standard InChI is InChI=1S/C29H33ClN6O2S/c1-5-25(38)34-11-10-21(23(37)15-34)35-13-18(14-35)6-9-22-26(19-7-8-20(30)24(12-19)39-4)27-28(31)32-16-33-29(27)36(22)17(2)3/h5,7-8,12,16-18,21,23,37H,1,10-11,13-15H2,2-4H3,(H2,31,32,33)/t21-,23+/m0/s1. The molecule has 3 aromatic rings. The summed E-state index contributed by atoms with van der Waals surface area (Å²) < 4.78 is 2.13. The summed E-state index contributed by atoms with van der Waals surface area (Å²) in [5.74, 6) is 7.44. The zero-order valence-corrected chi connectivity index (χ0v) is 24.0. The van der Waals surface area contributed by atoms with E-state index in [1.54, 1.807) is 16.7 Å². The Morgan fingerprint density at radius 1 is 1.31 bits per heavy atom. The number of aromatic nitrogens is 3. The second-order valence-electron chi connectivity index (χ2n) is 10.3. The summed E-state index contributed by atoms with van der Waals surface area (Å²) in [6.07, 6.45) is 4.96. The van der Waals surface area contributed by atoms with Gasteiger partial charge in [-0.1, -0.05) is 30.2 Å². The molecule has 0 aliphatic carbocycles. The maximum absolute atomic E-state index is 11.9. The second-order valence-corrected chi connectivity index (χ2v) is 11.6. The minimum Gasteiger partial charge on any atom is -0.390 e. The molecule has 1 amide bonds. The summed E-state index contributed by atoms with van der Waals surface area (Å²) in [7, 11) is 0. The molecule has 39 heavy (non-hydrogen) atoms. The van der Waals surface area contributed by atoms with Crippen LogP contribution in [0.1, 0.15) is 32.0 Å². The second kappa shape index (κ2) is 11.2. The van der Waals surface area contributed by atoms with Crippen LogP contribution in [0.2, 0.25) is 5.02 Å². The number of β-amino-alcohol motifs (C(OH)–C–C–N with tert-alkyl or cyclic N) is 1. The van der Waals surface area contributed by atoms with Gasteiger partial charge in [0.05, 0.1) is 16.5 Å². The van der Waals surface area contributed by atoms with Gasteiger partial charge in [0.15, 0.2) is 0 Å². The molecule has 2 saturated heterocycles. The lowest BCUT2D eigenvalue weighted by Gasteiger charge is -2.47. The van der Waals surface area contributed by atoms with E-state index in [1.807, 2.05) is 18.4 Å². The molecule has 1 aromatic carbocycles. The third kappa shape index (κ3) is 5.14. The molecule has 0 bridgehead atoms. The molecular formula is C29H33ClN6O2S. The summed E-state index contributed by atoms with van der Waals surface area (Å²) >= 11 is 8.02. The van der Waals surface area contributed by atoms with Crippen molar-refractivity contribution in [2.24, 2.45) is 5.92 Å². The lowest BCUT2D eigenvalue weighted by molar-refractivity contribution is -0.132. The minimum atomic E-state index is -0.580. The number of amides is 1. The van der Waals surface area contributed by atoms with Gasteiger partial charge in [0.25, 0.3) is 0 Å². The van der Waals surface area contributed by atoms with Gasteiger partial charge in [-0.15, -0.1) is 11.8 Å². The quantitative estimate of drug-likeness (QED) is 0.274. The van der Waals surface area contributed by atoms with E-state index < -0.39 is 6.10 Å². The molecule has 0 radical (unpaired) electrons. The number of nitrogens with two attached hydrogens (primary N) is 1. The molecule has 4 heterocycles. The van der Waals surface area contributed by atoms with Crippen LogP contribution in [0.4, 0.5) is 5.82 Å². The highest BCUT2D eigenvalue weighted by Crippen LogP contribution is 2.40. The monoisotopic (exact) mass is 564 g/mol. The van der Waals surface area contributed by atoms with Gasteiger partial charge in [-0.2, -0.15) is 0 Å². The van der Waals surface area contributed by atoms with Crippen LogP contribution in [0.3, 0.4) is 0 Å². The molecule has 10 heteroatoms. The first-order valence-corrected chi connectivity index (χ1v) is 14.7. The van der Waals surface area contributed by atoms with Gasteiger partial charge in [-0.05, 0) is 56.2 Å². The van der Waals surface area contributed by atoms with Crippen LogP contribution < -0.4 is 5.73 Å². The summed E-state index contributed by atoms with van der Waals surface area (Å²) in [6, 6.07) is 6.10. The Labute approximate surface area is 238 Å². The number of hydrogen-bond donors (Lipinski definition) is 2. The number of hydrogen-bond acceptors (Lipinski definition) is 7. The van der Waals surface area contributed by atoms with Gasteiger partial charge in [-0.25, -0.2) is 9.97 Å². The van der Waals surface area contributed by atoms with Crippen LogP contribution in [0.25, 0.3) is 22.2 Å². The number of aliphatic hydroxyl groups is 1. The van der Waals surface area contributed by atoms with Crippen molar-refractivity contribution in [3.63, 3.8) is 0 Å². The van der Waals surface area contributed by atoms with Gasteiger partial charge < -0.3 is 20.3 Å². The maximum atomic E-state index is 11.9. The Hall–Kier alpha value is -3.03. The fourth-order valence-electron chi connectivity index (χ4n) is 5.60. The fourth-order valence-corrected chi connectivity index (χ4v) is 6.46. The van der Waals surface area contributed by atoms with Crippen molar-refractivity contribution < 1.29 is 9.90 Å². The first-order chi connectivity index (χ1) is 18.7. The lowest BCUT2D eigenvalue weighted by atomic mass is 9.91. The van der Waals surface area contributed by atoms with Crippen molar-refractivity contribution in [2.45, 2.75) is 43.4 Å². The number of anilines is 1. The highest BCUT2D eigenvalue weighted by Gasteiger charge is 2.39. The minimum absolute atomic E-state index is 0.0312. The number of halogens is 1. The summed E-state index contributed by atoms with van der Waals surface area (Å²) in [4.78, 5) is 25.7. The molecule has 8 nitrogen and oxygen atoms in total. The van der Waals surface area contributed by atoms with E-state index >= 15 is 0 Å². The molecule has 0 spiro atoms. The van der Waals surface area contributed by atoms with Gasteiger partial charge in [-0.3, -0.25) is 9.69 Å². The first-order valence-electron chi connectivity index (χ1n) is 13.1. The molecule has 2 aliphatic heterocycles. The first kappa shape index (κ1) is 27.5. The number of aliphatic hydroxyl groups excluding tert-OH is 1. The number of benzene rings is 1. The van der Waals surface area contributed by atoms with Gasteiger partial charge in [0.1, 0.15) is 23.5 Å². The van der Waals surface area contributed by atoms with E-state index in [0.717, 1.165) is 52.3 Å². The molecular weight excluding hydrogens is 532 g/mol. The summed E-state index contributed by atoms with van der Waals surface area (Å²) in [5, 5.41) is 12.2. The average Bonchev–Trinajstić information content (AvgIpc) is 3.23. The van der Waals surface area contributed by atoms with E-state index in [1.165, 1.54) is 12.4 Å². The number of rotatable bonds is 5. The molecule has 2 fully saturated rings. The van der Waals surface area contributed by atoms with Crippen LogP contribution in [-0.2, 0) is 4.79 Å². The number of piperidine rings is 1. The molecule has 0 saturated carbocycles. The number of nitrogen functional groups attached to an aromatic ring is 1. The maximum Gasteiger partial charge on any atom is 0.246 e. The van der Waals surface area contributed by atoms with Crippen molar-refractivity contribution in [1.29, 1.82) is 0 Å². The van der Waals surface area contributed by atoms with Crippen molar-refractivity contribution in [3.05, 3.63) is 47.9 Å². The Morgan fingerprint density at radius 2 is 2.08 bits per heavy atom. The predicted molar refractivity (Wildman–Crippen MR) is 158 cm³/mol. The zero-order chi connectivity index (χ0) is 27.8. The largest absolute Gasteiger partial charge is 0.390 e. The smallest absolute Gasteiger partial charge is 0.246 e. The number of carbonyl (C=O) groups excluding carboxylic acids is 1. The van der Waals surface area contributed by atoms with Gasteiger partial charge in [0, 0.05) is 54.6 Å². The Morgan fingerprint density at radius 3 is 2.74 bits per heavy atom. The van der Waals surface area contributed by atoms with E-state index in [2.05, 4.69) is 57.8 Å². The normalized spacial score (nSPS) is 20.1. The van der Waals surface area contributed by atoms with E-state index in [-0.39, 0.29) is 23.9 Å². The summed E-state index contributed by atoms with van der Waals surface area (Å²) in [5.41, 5.74) is 9.92. The zero-order valence-electron chi connectivity index (χ0n) is 22.4. The van der Waals surface area contributed by atoms with E-state index in [4.69, 9.17) is 17.3 Å². The average molecular weight is 565 g/mol. The molecule has 5 rings (SSSR count). The number of nitrogens with zero attached hydrogens (tertiary/aromatic N) is 5. The van der Waals surface area contributed by atoms with Crippen LogP contribution in [0.15, 0.2) is 42.1 Å². The topological polar surface area (TPSA) is 101 Å². The van der Waals surface area contributed by atoms with Crippen LogP contribution in [0.5, 0.6) is 0 Å². The van der Waals surface area contributed by atoms with Crippen molar-refractivity contribution >= 4 is 46.1 Å². The number of carbonyl (C=O) groups is 1. The highest BCUT2D eigenvalue weighted by atomic mass is 35.5. The fraction of sp³-hybridized carbons (Fsp3) is 0.414. The Balaban J connectivity index is 1.46. The van der Waals surface area contributed by atoms with Crippen LogP contribution >= 0.6 is 23.4 Å². The SMILES string of the molecule is C=CC(=O)N1CC[C@H](N2CC(C#Cc3c(-c4ccc(Cl)c(SC)c4)c4c(N)ncnc4n3C(C)C)C2)[C@H](O)C1. The van der Waals surface area contributed by atoms with Gasteiger partial charge in [0.2, 0.25) is 5.91 Å². The van der Waals surface area contributed by atoms with Gasteiger partial charge >= 0.3 is 0 Å². The Bertz CT molecular complexity index is 1490. The molecule has 0 unspecified atom stereocenters. The lowest BCUT2D eigenvalue weighted by Crippen LogP contribution is -2.61. The van der Waals surface area contributed by atoms with Crippen molar-refractivity contribution in [2.75, 3.05) is 38.2 Å². The van der Waals surface area contributed by atoms with E-state index in [0.29, 0.717) is 23.9 Å². The predicted octanol–water partition coefficient (Wildman–Crippen LogP) is 4.07. The Kier molecular flexibility index (Phi) is 7.92. The number of thioether (sulfide) groups is 1. The van der Waals surface area contributed by atoms with Crippen molar-refractivity contribution in [1.82, 2.24) is 24.3 Å².